The molecule has 5 aromatic rings. The number of likely N-dealkylation sites (tertiary alicyclic amines) is 1. The van der Waals surface area contributed by atoms with Gasteiger partial charge in [0.15, 0.2) is 11.3 Å². The van der Waals surface area contributed by atoms with E-state index >= 15 is 4.39 Å². The van der Waals surface area contributed by atoms with Gasteiger partial charge in [-0.15, -0.1) is 0 Å². The van der Waals surface area contributed by atoms with Gasteiger partial charge in [-0.1, -0.05) is 24.0 Å². The van der Waals surface area contributed by atoms with Crippen molar-refractivity contribution in [2.45, 2.75) is 101 Å². The van der Waals surface area contributed by atoms with Crippen molar-refractivity contribution in [2.75, 3.05) is 62.8 Å². The average Bonchev–Trinajstić information content (AvgIpc) is 3.74. The van der Waals surface area contributed by atoms with E-state index in [1.165, 1.54) is 16.9 Å². The molecule has 10 rings (SSSR count). The number of halogens is 3. The Balaban J connectivity index is 0.712. The van der Waals surface area contributed by atoms with E-state index in [0.29, 0.717) is 69.4 Å². The molecule has 7 heterocycles. The molecule has 0 spiro atoms. The van der Waals surface area contributed by atoms with E-state index in [1.54, 1.807) is 16.9 Å². The fraction of sp³-hybridized carbons (Fsp3) is 0.543. The SMILES string of the molecule is O=C1CCC(c2nn(C3CC3)c3c(C#CCO[C@@H]4CCN(CC5CCC(n6cc(NC(=O)c7cnn8ccc(N9CCO[C@H](CO)C9)nc78)c(C(F)F)n6)CC5)C[C@@H]4F)cccc23)C(=O)N1. The number of rotatable bonds is 12. The zero-order valence-electron chi connectivity index (χ0n) is 36.3. The van der Waals surface area contributed by atoms with E-state index in [0.717, 1.165) is 48.7 Å². The summed E-state index contributed by atoms with van der Waals surface area (Å²) in [6.07, 6.45) is 5.70. The Morgan fingerprint density at radius 1 is 1.03 bits per heavy atom. The van der Waals surface area contributed by atoms with E-state index < -0.39 is 36.2 Å². The molecular weight excluding hydrogens is 860 g/mol. The van der Waals surface area contributed by atoms with Gasteiger partial charge in [0.25, 0.3) is 12.3 Å². The van der Waals surface area contributed by atoms with Gasteiger partial charge in [-0.05, 0) is 69.4 Å². The number of piperidine rings is 2. The summed E-state index contributed by atoms with van der Waals surface area (Å²) in [6, 6.07) is 7.61. The molecule has 1 unspecified atom stereocenters. The first-order valence-electron chi connectivity index (χ1n) is 22.9. The van der Waals surface area contributed by atoms with Crippen LogP contribution >= 0.6 is 0 Å². The highest BCUT2D eigenvalue weighted by Gasteiger charge is 2.36. The molecule has 4 atom stereocenters. The molecule has 2 saturated carbocycles. The van der Waals surface area contributed by atoms with Gasteiger partial charge in [-0.3, -0.25) is 34.0 Å². The number of fused-ring (bicyclic) bond motifs is 2. The molecule has 66 heavy (non-hydrogen) atoms. The summed E-state index contributed by atoms with van der Waals surface area (Å²) in [4.78, 5) is 46.8. The van der Waals surface area contributed by atoms with Crippen molar-refractivity contribution in [3.63, 3.8) is 0 Å². The predicted molar refractivity (Wildman–Crippen MR) is 234 cm³/mol. The summed E-state index contributed by atoms with van der Waals surface area (Å²) in [5.41, 5.74) is 2.08. The van der Waals surface area contributed by atoms with Crippen LogP contribution in [0.25, 0.3) is 16.6 Å². The van der Waals surface area contributed by atoms with Crippen LogP contribution in [0.2, 0.25) is 0 Å². The average molecular weight is 912 g/mol. The quantitative estimate of drug-likeness (QED) is 0.116. The number of imide groups is 1. The van der Waals surface area contributed by atoms with E-state index in [-0.39, 0.29) is 73.1 Å². The van der Waals surface area contributed by atoms with E-state index in [4.69, 9.17) is 14.6 Å². The molecule has 3 saturated heterocycles. The third kappa shape index (κ3) is 9.13. The highest BCUT2D eigenvalue weighted by molar-refractivity contribution is 6.08. The van der Waals surface area contributed by atoms with E-state index in [1.807, 2.05) is 27.8 Å². The first-order valence-corrected chi connectivity index (χ1v) is 22.9. The van der Waals surface area contributed by atoms with Crippen molar-refractivity contribution in [1.29, 1.82) is 0 Å². The van der Waals surface area contributed by atoms with Crippen molar-refractivity contribution < 1.29 is 42.1 Å². The number of aromatic nitrogens is 7. The number of anilines is 2. The van der Waals surface area contributed by atoms with Gasteiger partial charge in [0, 0.05) is 56.9 Å². The normalized spacial score (nSPS) is 25.3. The van der Waals surface area contributed by atoms with Crippen LogP contribution in [0, 0.1) is 17.8 Å². The summed E-state index contributed by atoms with van der Waals surface area (Å²) in [5.74, 6) is 5.46. The van der Waals surface area contributed by atoms with Gasteiger partial charge in [0.1, 0.15) is 24.2 Å². The van der Waals surface area contributed by atoms with E-state index in [9.17, 15) is 28.3 Å². The number of ether oxygens (including phenoxy) is 2. The highest BCUT2D eigenvalue weighted by atomic mass is 19.3. The zero-order valence-corrected chi connectivity index (χ0v) is 36.3. The van der Waals surface area contributed by atoms with Crippen LogP contribution in [-0.2, 0) is 19.1 Å². The number of amides is 3. The van der Waals surface area contributed by atoms with Crippen molar-refractivity contribution in [3.8, 4) is 11.8 Å². The van der Waals surface area contributed by atoms with Gasteiger partial charge in [-0.25, -0.2) is 22.7 Å². The van der Waals surface area contributed by atoms with Gasteiger partial charge in [0.05, 0.1) is 72.1 Å². The van der Waals surface area contributed by atoms with Crippen LogP contribution in [0.4, 0.5) is 24.7 Å². The Morgan fingerprint density at radius 3 is 2.64 bits per heavy atom. The Labute approximate surface area is 378 Å². The minimum absolute atomic E-state index is 0.0658. The standard InChI is InChI=1S/C46H52F3N11O6/c47-35-24-56(16-14-37(35)66-19-2-4-28-3-1-5-32-40(33-12-13-39(62)53-45(33)63)55-60(42(28)32)30-10-11-30)22-27-6-8-29(9-7-27)59-25-36(41(54-59)43(48)49)51-46(64)34-21-50-58-17-15-38(52-44(34)58)57-18-20-65-31(23-57)26-61/h1,3,5,15,17,21,25,27,29-31,33,35,37,43,61H,6-14,16,18-20,22-24,26H2,(H,51,64)(H,53,62,63)/t27?,29?,31-,33?,35-,37+/m0/s1. The number of hydrogen-bond acceptors (Lipinski definition) is 12. The Morgan fingerprint density at radius 2 is 1.86 bits per heavy atom. The lowest BCUT2D eigenvalue weighted by molar-refractivity contribution is -0.134. The van der Waals surface area contributed by atoms with Crippen LogP contribution in [0.1, 0.15) is 110 Å². The third-order valence-corrected chi connectivity index (χ3v) is 13.6. The van der Waals surface area contributed by atoms with E-state index in [2.05, 4.69) is 42.6 Å². The Hall–Kier alpha value is -5.88. The first-order chi connectivity index (χ1) is 32.1. The molecular formula is C46H52F3N11O6. The first kappa shape index (κ1) is 44.0. The molecule has 2 aliphatic carbocycles. The number of aliphatic hydroxyl groups is 1. The molecule has 5 fully saturated rings. The molecule has 4 aromatic heterocycles. The molecule has 17 nitrogen and oxygen atoms in total. The summed E-state index contributed by atoms with van der Waals surface area (Å²) >= 11 is 0. The fourth-order valence-electron chi connectivity index (χ4n) is 9.92. The van der Waals surface area contributed by atoms with Crippen molar-refractivity contribution in [1.82, 2.24) is 44.4 Å². The second-order valence-corrected chi connectivity index (χ2v) is 18.1. The molecule has 0 radical (unpaired) electrons. The summed E-state index contributed by atoms with van der Waals surface area (Å²) in [7, 11) is 0. The van der Waals surface area contributed by atoms with Crippen LogP contribution in [0.5, 0.6) is 0 Å². The number of nitrogens with zero attached hydrogens (tertiary/aromatic N) is 9. The zero-order chi connectivity index (χ0) is 45.5. The second kappa shape index (κ2) is 18.8. The van der Waals surface area contributed by atoms with Crippen molar-refractivity contribution in [2.24, 2.45) is 5.92 Å². The topological polar surface area (TPSA) is 186 Å². The maximum atomic E-state index is 15.6. The smallest absolute Gasteiger partial charge is 0.284 e. The lowest BCUT2D eigenvalue weighted by Gasteiger charge is -2.38. The van der Waals surface area contributed by atoms with Gasteiger partial charge in [-0.2, -0.15) is 15.3 Å². The molecule has 3 aliphatic heterocycles. The number of para-hydroxylation sites is 1. The number of hydrogen-bond donors (Lipinski definition) is 3. The number of carbonyl (C=O) groups excluding carboxylic acids is 3. The summed E-state index contributed by atoms with van der Waals surface area (Å²) < 4.78 is 60.7. The van der Waals surface area contributed by atoms with Crippen LogP contribution in [0.15, 0.2) is 42.9 Å². The van der Waals surface area contributed by atoms with Crippen molar-refractivity contribution in [3.05, 3.63) is 65.4 Å². The minimum Gasteiger partial charge on any atom is -0.394 e. The third-order valence-electron chi connectivity index (χ3n) is 13.6. The molecule has 3 amide bonds. The number of benzene rings is 1. The number of aliphatic hydroxyl groups excluding tert-OH is 1. The maximum Gasteiger partial charge on any atom is 0.284 e. The lowest BCUT2D eigenvalue weighted by Crippen LogP contribution is -2.47. The summed E-state index contributed by atoms with van der Waals surface area (Å²) in [6.45, 7) is 2.98. The molecule has 20 heteroatoms. The Kier molecular flexibility index (Phi) is 12.5. The predicted octanol–water partition coefficient (Wildman–Crippen LogP) is 4.73. The Bertz CT molecular complexity index is 2680. The van der Waals surface area contributed by atoms with Crippen LogP contribution in [0.3, 0.4) is 0 Å². The number of carbonyl (C=O) groups is 3. The number of morpholine rings is 1. The number of nitrogens with one attached hydrogen (secondary N) is 2. The second-order valence-electron chi connectivity index (χ2n) is 18.1. The molecule has 348 valence electrons. The monoisotopic (exact) mass is 911 g/mol. The highest BCUT2D eigenvalue weighted by Crippen LogP contribution is 2.41. The fourth-order valence-corrected chi connectivity index (χ4v) is 9.92. The lowest BCUT2D eigenvalue weighted by atomic mass is 9.85. The minimum atomic E-state index is -2.92. The summed E-state index contributed by atoms with van der Waals surface area (Å²) in [5, 5.41) is 28.9. The molecule has 1 aromatic carbocycles. The van der Waals surface area contributed by atoms with Crippen LogP contribution < -0.4 is 15.5 Å². The molecule has 5 aliphatic rings. The van der Waals surface area contributed by atoms with Gasteiger partial charge < -0.3 is 24.8 Å². The van der Waals surface area contributed by atoms with Gasteiger partial charge in [0.2, 0.25) is 11.8 Å². The maximum absolute atomic E-state index is 15.6. The largest absolute Gasteiger partial charge is 0.394 e. The van der Waals surface area contributed by atoms with Crippen molar-refractivity contribution >= 4 is 45.8 Å². The van der Waals surface area contributed by atoms with Gasteiger partial charge >= 0.3 is 0 Å². The molecule has 0 bridgehead atoms. The number of alkyl halides is 3. The molecule has 3 N–H and O–H groups in total. The van der Waals surface area contributed by atoms with Crippen LogP contribution in [-0.4, -0.2) is 133 Å².